The summed E-state index contributed by atoms with van der Waals surface area (Å²) < 4.78 is 18.6. The number of ether oxygens (including phenoxy) is 1. The van der Waals surface area contributed by atoms with E-state index in [2.05, 4.69) is 12.2 Å². The number of amides is 2. The molecule has 0 bridgehead atoms. The molecule has 1 fully saturated rings. The van der Waals surface area contributed by atoms with Crippen LogP contribution in [0.5, 0.6) is 5.75 Å². The maximum Gasteiger partial charge on any atom is 0.295 e. The molecule has 1 aliphatic heterocycles. The largest absolute Gasteiger partial charge is 0.494 e. The van der Waals surface area contributed by atoms with E-state index in [9.17, 15) is 14.0 Å². The first-order valence-corrected chi connectivity index (χ1v) is 9.26. The van der Waals surface area contributed by atoms with Crippen LogP contribution >= 0.6 is 11.8 Å². The second kappa shape index (κ2) is 8.23. The Morgan fingerprint density at radius 3 is 2.46 bits per heavy atom. The zero-order chi connectivity index (χ0) is 18.5. The molecule has 2 aromatic rings. The lowest BCUT2D eigenvalue weighted by Crippen LogP contribution is -2.34. The second-order valence-corrected chi connectivity index (χ2v) is 6.84. The van der Waals surface area contributed by atoms with Gasteiger partial charge in [0.25, 0.3) is 11.1 Å². The van der Waals surface area contributed by atoms with Gasteiger partial charge < -0.3 is 10.1 Å². The van der Waals surface area contributed by atoms with E-state index in [0.717, 1.165) is 35.3 Å². The Hall–Kier alpha value is -2.54. The van der Waals surface area contributed by atoms with E-state index in [1.165, 1.54) is 24.3 Å². The lowest BCUT2D eigenvalue weighted by molar-refractivity contribution is -0.116. The number of anilines is 2. The number of halogens is 1. The number of nitrogens with zero attached hydrogens (tertiary/aromatic N) is 1. The molecule has 0 unspecified atom stereocenters. The van der Waals surface area contributed by atoms with Crippen molar-refractivity contribution in [1.29, 1.82) is 0 Å². The number of rotatable bonds is 7. The molecule has 136 valence electrons. The fourth-order valence-electron chi connectivity index (χ4n) is 2.46. The lowest BCUT2D eigenvalue weighted by atomic mass is 10.2. The third-order valence-corrected chi connectivity index (χ3v) is 4.79. The number of unbranched alkanes of at least 4 members (excludes halogenated alkanes) is 1. The summed E-state index contributed by atoms with van der Waals surface area (Å²) in [5.74, 6) is -0.0373. The Balaban J connectivity index is 1.64. The Morgan fingerprint density at radius 2 is 1.81 bits per heavy atom. The van der Waals surface area contributed by atoms with Crippen molar-refractivity contribution in [3.8, 4) is 5.75 Å². The van der Waals surface area contributed by atoms with E-state index >= 15 is 0 Å². The maximum atomic E-state index is 13.0. The van der Waals surface area contributed by atoms with Gasteiger partial charge in [-0.15, -0.1) is 0 Å². The SMILES string of the molecule is CCCCOc1ccc(N[C@H]2SC(=O)N(c3ccc(F)cc3)C2=O)cc1. The summed E-state index contributed by atoms with van der Waals surface area (Å²) in [6.07, 6.45) is 2.06. The zero-order valence-corrected chi connectivity index (χ0v) is 15.1. The van der Waals surface area contributed by atoms with Gasteiger partial charge in [-0.3, -0.25) is 9.59 Å². The van der Waals surface area contributed by atoms with E-state index < -0.39 is 16.4 Å². The van der Waals surface area contributed by atoms with Crippen LogP contribution in [0.4, 0.5) is 20.6 Å². The highest BCUT2D eigenvalue weighted by molar-refractivity contribution is 8.16. The predicted molar refractivity (Wildman–Crippen MR) is 101 cm³/mol. The summed E-state index contributed by atoms with van der Waals surface area (Å²) in [7, 11) is 0. The molecule has 0 spiro atoms. The van der Waals surface area contributed by atoms with Gasteiger partial charge in [0, 0.05) is 5.69 Å². The van der Waals surface area contributed by atoms with Gasteiger partial charge in [0.1, 0.15) is 11.6 Å². The van der Waals surface area contributed by atoms with E-state index in [1.54, 1.807) is 12.1 Å². The molecule has 7 heteroatoms. The molecule has 26 heavy (non-hydrogen) atoms. The lowest BCUT2D eigenvalue weighted by Gasteiger charge is -2.15. The number of thioether (sulfide) groups is 1. The molecule has 1 aliphatic rings. The third kappa shape index (κ3) is 4.16. The van der Waals surface area contributed by atoms with Gasteiger partial charge in [0.05, 0.1) is 12.3 Å². The van der Waals surface area contributed by atoms with Crippen LogP contribution in [0, 0.1) is 5.82 Å². The van der Waals surface area contributed by atoms with Crippen molar-refractivity contribution < 1.29 is 18.7 Å². The van der Waals surface area contributed by atoms with E-state index in [1.807, 2.05) is 12.1 Å². The van der Waals surface area contributed by atoms with Gasteiger partial charge in [0.15, 0.2) is 5.37 Å². The van der Waals surface area contributed by atoms with Crippen LogP contribution < -0.4 is 15.0 Å². The summed E-state index contributed by atoms with van der Waals surface area (Å²) in [5, 5.41) is 1.94. The minimum atomic E-state index is -0.723. The minimum Gasteiger partial charge on any atom is -0.494 e. The fourth-order valence-corrected chi connectivity index (χ4v) is 3.36. The number of hydrogen-bond donors (Lipinski definition) is 1. The fraction of sp³-hybridized carbons (Fsp3) is 0.263. The van der Waals surface area contributed by atoms with Crippen LogP contribution in [0.1, 0.15) is 19.8 Å². The van der Waals surface area contributed by atoms with Crippen molar-refractivity contribution in [2.24, 2.45) is 0 Å². The highest BCUT2D eigenvalue weighted by Gasteiger charge is 2.40. The van der Waals surface area contributed by atoms with Crippen molar-refractivity contribution in [2.75, 3.05) is 16.8 Å². The van der Waals surface area contributed by atoms with E-state index in [4.69, 9.17) is 4.74 Å². The molecule has 0 aromatic heterocycles. The maximum absolute atomic E-state index is 13.0. The van der Waals surface area contributed by atoms with Crippen LogP contribution in [0.2, 0.25) is 0 Å². The van der Waals surface area contributed by atoms with E-state index in [-0.39, 0.29) is 5.91 Å². The van der Waals surface area contributed by atoms with Gasteiger partial charge in [0.2, 0.25) is 0 Å². The Morgan fingerprint density at radius 1 is 1.12 bits per heavy atom. The van der Waals surface area contributed by atoms with Gasteiger partial charge >= 0.3 is 0 Å². The van der Waals surface area contributed by atoms with Crippen LogP contribution in [-0.2, 0) is 4.79 Å². The molecule has 1 heterocycles. The standard InChI is InChI=1S/C19H19FN2O3S/c1-2-3-12-25-16-10-6-14(7-11-16)21-17-18(23)22(19(24)26-17)15-8-4-13(20)5-9-15/h4-11,17,21H,2-3,12H2,1H3/t17-/m0/s1. The topological polar surface area (TPSA) is 58.6 Å². The average molecular weight is 374 g/mol. The summed E-state index contributed by atoms with van der Waals surface area (Å²) >= 11 is 0.898. The summed E-state index contributed by atoms with van der Waals surface area (Å²) in [6, 6.07) is 12.5. The summed E-state index contributed by atoms with van der Waals surface area (Å²) in [5.41, 5.74) is 1.07. The normalized spacial score (nSPS) is 16.8. The molecule has 2 amide bonds. The Bertz CT molecular complexity index is 780. The molecule has 0 radical (unpaired) electrons. The summed E-state index contributed by atoms with van der Waals surface area (Å²) in [6.45, 7) is 2.77. The van der Waals surface area contributed by atoms with Crippen molar-refractivity contribution >= 4 is 34.3 Å². The van der Waals surface area contributed by atoms with Gasteiger partial charge in [-0.1, -0.05) is 13.3 Å². The molecule has 1 N–H and O–H groups in total. The number of nitrogens with one attached hydrogen (secondary N) is 1. The molecular formula is C19H19FN2O3S. The second-order valence-electron chi connectivity index (χ2n) is 5.78. The van der Waals surface area contributed by atoms with E-state index in [0.29, 0.717) is 18.0 Å². The smallest absolute Gasteiger partial charge is 0.295 e. The molecule has 3 rings (SSSR count). The zero-order valence-electron chi connectivity index (χ0n) is 14.3. The monoisotopic (exact) mass is 374 g/mol. The Kier molecular flexibility index (Phi) is 5.78. The first-order chi connectivity index (χ1) is 12.6. The molecule has 2 aromatic carbocycles. The highest BCUT2D eigenvalue weighted by atomic mass is 32.2. The molecule has 1 atom stereocenters. The third-order valence-electron chi connectivity index (χ3n) is 3.85. The molecule has 5 nitrogen and oxygen atoms in total. The number of imide groups is 1. The van der Waals surface area contributed by atoms with Crippen LogP contribution in [-0.4, -0.2) is 23.1 Å². The quantitative estimate of drug-likeness (QED) is 0.716. The van der Waals surface area contributed by atoms with Gasteiger partial charge in [-0.05, 0) is 66.7 Å². The van der Waals surface area contributed by atoms with Crippen molar-refractivity contribution in [3.05, 3.63) is 54.3 Å². The van der Waals surface area contributed by atoms with Gasteiger partial charge in [-0.25, -0.2) is 9.29 Å². The van der Waals surface area contributed by atoms with Crippen molar-refractivity contribution in [2.45, 2.75) is 25.1 Å². The number of benzene rings is 2. The minimum absolute atomic E-state index is 0.359. The van der Waals surface area contributed by atoms with Crippen molar-refractivity contribution in [1.82, 2.24) is 0 Å². The van der Waals surface area contributed by atoms with Crippen LogP contribution in [0.25, 0.3) is 0 Å². The first-order valence-electron chi connectivity index (χ1n) is 8.38. The highest BCUT2D eigenvalue weighted by Crippen LogP contribution is 2.32. The number of carbonyl (C=O) groups is 2. The molecular weight excluding hydrogens is 355 g/mol. The van der Waals surface area contributed by atoms with Crippen LogP contribution in [0.15, 0.2) is 48.5 Å². The molecule has 1 saturated heterocycles. The van der Waals surface area contributed by atoms with Gasteiger partial charge in [-0.2, -0.15) is 0 Å². The average Bonchev–Trinajstić information content (AvgIpc) is 2.91. The number of carbonyl (C=O) groups excluding carboxylic acids is 2. The number of hydrogen-bond acceptors (Lipinski definition) is 5. The Labute approximate surface area is 155 Å². The molecule has 0 saturated carbocycles. The predicted octanol–water partition coefficient (Wildman–Crippen LogP) is 4.64. The summed E-state index contributed by atoms with van der Waals surface area (Å²) in [4.78, 5) is 25.8. The van der Waals surface area contributed by atoms with Crippen LogP contribution in [0.3, 0.4) is 0 Å². The molecule has 0 aliphatic carbocycles. The first kappa shape index (κ1) is 18.3. The van der Waals surface area contributed by atoms with Crippen molar-refractivity contribution in [3.63, 3.8) is 0 Å².